The predicted octanol–water partition coefficient (Wildman–Crippen LogP) is 1.62. The lowest BCUT2D eigenvalue weighted by molar-refractivity contribution is -0.118. The molecule has 6 nitrogen and oxygen atoms in total. The van der Waals surface area contributed by atoms with Crippen molar-refractivity contribution >= 4 is 11.9 Å². The minimum Gasteiger partial charge on any atom is -0.484 e. The summed E-state index contributed by atoms with van der Waals surface area (Å²) in [6, 6.07) is 6.01. The highest BCUT2D eigenvalue weighted by molar-refractivity contribution is 5.90. The van der Waals surface area contributed by atoms with Crippen molar-refractivity contribution in [1.82, 2.24) is 15.2 Å². The number of aromatic amines is 1. The average molecular weight is 272 g/mol. The highest BCUT2D eigenvalue weighted by atomic mass is 16.5. The summed E-state index contributed by atoms with van der Waals surface area (Å²) in [6.07, 6.45) is 3.43. The molecule has 0 radical (unpaired) electrons. The number of hydrogen-bond acceptors (Lipinski definition) is 4. The zero-order valence-electron chi connectivity index (χ0n) is 11.3. The van der Waals surface area contributed by atoms with Gasteiger partial charge in [-0.1, -0.05) is 6.07 Å². The standard InChI is InChI=1S/C14H16N4O2/c1-9-15-14(18-17-9)16-13(19)8-20-12-6-5-10-3-2-4-11(10)7-12/h5-7H,2-4,8H2,1H3,(H2,15,16,17,18,19). The molecule has 0 atom stereocenters. The maximum absolute atomic E-state index is 11.7. The lowest BCUT2D eigenvalue weighted by Gasteiger charge is -2.07. The smallest absolute Gasteiger partial charge is 0.264 e. The van der Waals surface area contributed by atoms with Gasteiger partial charge >= 0.3 is 0 Å². The van der Waals surface area contributed by atoms with E-state index >= 15 is 0 Å². The molecule has 1 aliphatic rings. The van der Waals surface area contributed by atoms with Gasteiger partial charge in [0.2, 0.25) is 5.95 Å². The summed E-state index contributed by atoms with van der Waals surface area (Å²) in [5.41, 5.74) is 2.71. The minimum absolute atomic E-state index is 0.0492. The van der Waals surface area contributed by atoms with Crippen LogP contribution in [-0.2, 0) is 17.6 Å². The normalized spacial score (nSPS) is 13.1. The Morgan fingerprint density at radius 3 is 3.05 bits per heavy atom. The number of H-pyrrole nitrogens is 1. The van der Waals surface area contributed by atoms with Crippen LogP contribution in [0.25, 0.3) is 0 Å². The van der Waals surface area contributed by atoms with Crippen LogP contribution < -0.4 is 10.1 Å². The van der Waals surface area contributed by atoms with Crippen molar-refractivity contribution in [3.63, 3.8) is 0 Å². The fourth-order valence-electron chi connectivity index (χ4n) is 2.35. The molecule has 0 bridgehead atoms. The first-order valence-electron chi connectivity index (χ1n) is 6.64. The van der Waals surface area contributed by atoms with E-state index in [0.717, 1.165) is 18.6 Å². The van der Waals surface area contributed by atoms with Gasteiger partial charge in [0.15, 0.2) is 6.61 Å². The first-order valence-corrected chi connectivity index (χ1v) is 6.64. The van der Waals surface area contributed by atoms with E-state index < -0.39 is 0 Å². The molecule has 6 heteroatoms. The van der Waals surface area contributed by atoms with E-state index in [1.165, 1.54) is 17.5 Å². The molecule has 1 aromatic carbocycles. The van der Waals surface area contributed by atoms with Crippen LogP contribution in [-0.4, -0.2) is 27.7 Å². The Hall–Kier alpha value is -2.37. The molecule has 0 saturated heterocycles. The van der Waals surface area contributed by atoms with E-state index in [9.17, 15) is 4.79 Å². The van der Waals surface area contributed by atoms with Crippen LogP contribution in [0.5, 0.6) is 5.75 Å². The molecule has 3 rings (SSSR count). The summed E-state index contributed by atoms with van der Waals surface area (Å²) in [7, 11) is 0. The number of hydrogen-bond donors (Lipinski definition) is 2. The molecular weight excluding hydrogens is 256 g/mol. The molecule has 1 heterocycles. The van der Waals surface area contributed by atoms with Crippen LogP contribution in [0.4, 0.5) is 5.95 Å². The Bertz CT molecular complexity index is 636. The second-order valence-corrected chi connectivity index (χ2v) is 4.87. The van der Waals surface area contributed by atoms with Crippen molar-refractivity contribution in [2.45, 2.75) is 26.2 Å². The van der Waals surface area contributed by atoms with Crippen molar-refractivity contribution < 1.29 is 9.53 Å². The molecule has 0 spiro atoms. The summed E-state index contributed by atoms with van der Waals surface area (Å²) in [6.45, 7) is 1.72. The number of anilines is 1. The van der Waals surface area contributed by atoms with Gasteiger partial charge in [-0.25, -0.2) is 0 Å². The van der Waals surface area contributed by atoms with E-state index in [0.29, 0.717) is 5.82 Å². The zero-order valence-corrected chi connectivity index (χ0v) is 11.3. The number of carbonyl (C=O) groups excluding carboxylic acids is 1. The Morgan fingerprint density at radius 1 is 1.40 bits per heavy atom. The van der Waals surface area contributed by atoms with Gasteiger partial charge in [0, 0.05) is 0 Å². The molecule has 1 aromatic heterocycles. The highest BCUT2D eigenvalue weighted by Crippen LogP contribution is 2.25. The number of ether oxygens (including phenoxy) is 1. The fourth-order valence-corrected chi connectivity index (χ4v) is 2.35. The van der Waals surface area contributed by atoms with Gasteiger partial charge in [-0.3, -0.25) is 15.2 Å². The summed E-state index contributed by atoms with van der Waals surface area (Å²) < 4.78 is 5.49. The largest absolute Gasteiger partial charge is 0.484 e. The second kappa shape index (κ2) is 5.32. The lowest BCUT2D eigenvalue weighted by Crippen LogP contribution is -2.20. The first-order chi connectivity index (χ1) is 9.70. The van der Waals surface area contributed by atoms with E-state index in [1.807, 2.05) is 12.1 Å². The van der Waals surface area contributed by atoms with E-state index in [2.05, 4.69) is 26.6 Å². The maximum atomic E-state index is 11.7. The van der Waals surface area contributed by atoms with Gasteiger partial charge in [0.05, 0.1) is 0 Å². The van der Waals surface area contributed by atoms with Gasteiger partial charge in [0.25, 0.3) is 5.91 Å². The number of fused-ring (bicyclic) bond motifs is 1. The zero-order chi connectivity index (χ0) is 13.9. The average Bonchev–Trinajstić information content (AvgIpc) is 3.04. The Kier molecular flexibility index (Phi) is 3.37. The predicted molar refractivity (Wildman–Crippen MR) is 73.7 cm³/mol. The van der Waals surface area contributed by atoms with Crippen LogP contribution in [0.15, 0.2) is 18.2 Å². The number of nitrogens with zero attached hydrogens (tertiary/aromatic N) is 2. The Morgan fingerprint density at radius 2 is 2.25 bits per heavy atom. The molecule has 0 fully saturated rings. The summed E-state index contributed by atoms with van der Waals surface area (Å²) >= 11 is 0. The molecule has 0 saturated carbocycles. The van der Waals surface area contributed by atoms with Gasteiger partial charge < -0.3 is 4.74 Å². The number of amides is 1. The van der Waals surface area contributed by atoms with Gasteiger partial charge in [0.1, 0.15) is 11.6 Å². The Labute approximate surface area is 116 Å². The molecule has 2 N–H and O–H groups in total. The number of benzene rings is 1. The maximum Gasteiger partial charge on any atom is 0.264 e. The van der Waals surface area contributed by atoms with Crippen molar-refractivity contribution in [3.8, 4) is 5.75 Å². The monoisotopic (exact) mass is 272 g/mol. The molecule has 20 heavy (non-hydrogen) atoms. The summed E-state index contributed by atoms with van der Waals surface area (Å²) in [5.74, 6) is 1.38. The third-order valence-electron chi connectivity index (χ3n) is 3.29. The van der Waals surface area contributed by atoms with E-state index in [4.69, 9.17) is 4.74 Å². The second-order valence-electron chi connectivity index (χ2n) is 4.87. The van der Waals surface area contributed by atoms with Crippen molar-refractivity contribution in [2.24, 2.45) is 0 Å². The van der Waals surface area contributed by atoms with Crippen LogP contribution >= 0.6 is 0 Å². The molecule has 0 unspecified atom stereocenters. The van der Waals surface area contributed by atoms with Crippen molar-refractivity contribution in [3.05, 3.63) is 35.2 Å². The van der Waals surface area contributed by atoms with Crippen LogP contribution in [0.3, 0.4) is 0 Å². The van der Waals surface area contributed by atoms with Crippen LogP contribution in [0.2, 0.25) is 0 Å². The third kappa shape index (κ3) is 2.79. The quantitative estimate of drug-likeness (QED) is 0.886. The number of rotatable bonds is 4. The van der Waals surface area contributed by atoms with Crippen LogP contribution in [0, 0.1) is 6.92 Å². The summed E-state index contributed by atoms with van der Waals surface area (Å²) in [4.78, 5) is 15.7. The molecular formula is C14H16N4O2. The number of nitrogens with one attached hydrogen (secondary N) is 2. The van der Waals surface area contributed by atoms with Gasteiger partial charge in [-0.05, 0) is 49.4 Å². The van der Waals surface area contributed by atoms with E-state index in [-0.39, 0.29) is 18.5 Å². The first kappa shape index (κ1) is 12.7. The molecule has 104 valence electrons. The number of aryl methyl sites for hydroxylation is 3. The van der Waals surface area contributed by atoms with Crippen LogP contribution in [0.1, 0.15) is 23.4 Å². The molecule has 2 aromatic rings. The minimum atomic E-state index is -0.274. The SMILES string of the molecule is Cc1nc(NC(=O)COc2ccc3c(c2)CCC3)n[nH]1. The molecule has 1 amide bonds. The number of carbonyl (C=O) groups is 1. The van der Waals surface area contributed by atoms with E-state index in [1.54, 1.807) is 6.92 Å². The number of aromatic nitrogens is 3. The van der Waals surface area contributed by atoms with Crippen molar-refractivity contribution in [1.29, 1.82) is 0 Å². The topological polar surface area (TPSA) is 79.9 Å². The summed E-state index contributed by atoms with van der Waals surface area (Å²) in [5, 5.41) is 9.06. The van der Waals surface area contributed by atoms with Crippen molar-refractivity contribution in [2.75, 3.05) is 11.9 Å². The van der Waals surface area contributed by atoms with Gasteiger partial charge in [-0.15, -0.1) is 5.10 Å². The third-order valence-corrected chi connectivity index (χ3v) is 3.29. The lowest BCUT2D eigenvalue weighted by atomic mass is 10.1. The molecule has 0 aliphatic heterocycles. The van der Waals surface area contributed by atoms with Gasteiger partial charge in [-0.2, -0.15) is 4.98 Å². The fraction of sp³-hybridized carbons (Fsp3) is 0.357. The molecule has 1 aliphatic carbocycles. The Balaban J connectivity index is 1.55. The highest BCUT2D eigenvalue weighted by Gasteiger charge is 2.12.